The molecule has 1 aliphatic heterocycles. The second-order valence-electron chi connectivity index (χ2n) is 7.36. The largest absolute Gasteiger partial charge is 0.356 e. The van der Waals surface area contributed by atoms with Crippen LogP contribution in [0.5, 0.6) is 0 Å². The minimum Gasteiger partial charge on any atom is -0.356 e. The van der Waals surface area contributed by atoms with Gasteiger partial charge >= 0.3 is 0 Å². The molecular formula is C21H34N2O. The monoisotopic (exact) mass is 330 g/mol. The number of carbonyl (C=O) groups is 1. The lowest BCUT2D eigenvalue weighted by molar-refractivity contribution is -0.121. The Balaban J connectivity index is 1.57. The van der Waals surface area contributed by atoms with Gasteiger partial charge in [-0.2, -0.15) is 0 Å². The molecular weight excluding hydrogens is 296 g/mol. The maximum atomic E-state index is 12.0. The molecule has 1 heterocycles. The van der Waals surface area contributed by atoms with Gasteiger partial charge in [0.15, 0.2) is 0 Å². The standard InChI is InChI=1S/C21H34N2O/c1-18(2)20-11-8-19(9-12-20)10-13-21(24)22-14-7-17-23-15-5-3-4-6-16-23/h8-9,11-12,18H,3-7,10,13-17H2,1-2H3,(H,22,24). The number of carbonyl (C=O) groups excluding carboxylic acids is 1. The van der Waals surface area contributed by atoms with Crippen LogP contribution in [0, 0.1) is 0 Å². The molecule has 2 rings (SSSR count). The Kier molecular flexibility index (Phi) is 8.31. The second kappa shape index (κ2) is 10.5. The molecule has 1 aliphatic rings. The first-order chi connectivity index (χ1) is 11.6. The van der Waals surface area contributed by atoms with Crippen molar-refractivity contribution in [1.82, 2.24) is 10.2 Å². The maximum Gasteiger partial charge on any atom is 0.220 e. The van der Waals surface area contributed by atoms with Crippen molar-refractivity contribution in [3.63, 3.8) is 0 Å². The third-order valence-corrected chi connectivity index (χ3v) is 4.96. The zero-order chi connectivity index (χ0) is 17.2. The summed E-state index contributed by atoms with van der Waals surface area (Å²) in [5.41, 5.74) is 2.61. The van der Waals surface area contributed by atoms with Gasteiger partial charge in [-0.25, -0.2) is 0 Å². The number of amides is 1. The summed E-state index contributed by atoms with van der Waals surface area (Å²) in [6, 6.07) is 8.67. The lowest BCUT2D eigenvalue weighted by Crippen LogP contribution is -2.30. The number of likely N-dealkylation sites (tertiary alicyclic amines) is 1. The molecule has 24 heavy (non-hydrogen) atoms. The summed E-state index contributed by atoms with van der Waals surface area (Å²) in [6.45, 7) is 8.81. The van der Waals surface area contributed by atoms with Crippen LogP contribution in [0.4, 0.5) is 0 Å². The molecule has 134 valence electrons. The summed E-state index contributed by atoms with van der Waals surface area (Å²) >= 11 is 0. The fourth-order valence-electron chi connectivity index (χ4n) is 3.31. The Morgan fingerprint density at radius 3 is 2.38 bits per heavy atom. The van der Waals surface area contributed by atoms with E-state index in [-0.39, 0.29) is 5.91 Å². The molecule has 1 aromatic carbocycles. The normalized spacial score (nSPS) is 16.1. The number of nitrogens with zero attached hydrogens (tertiary/aromatic N) is 1. The van der Waals surface area contributed by atoms with Gasteiger partial charge in [0.25, 0.3) is 0 Å². The molecule has 0 bridgehead atoms. The van der Waals surface area contributed by atoms with E-state index in [0.29, 0.717) is 12.3 Å². The third-order valence-electron chi connectivity index (χ3n) is 4.96. The van der Waals surface area contributed by atoms with Crippen LogP contribution < -0.4 is 5.32 Å². The van der Waals surface area contributed by atoms with Crippen molar-refractivity contribution in [3.05, 3.63) is 35.4 Å². The highest BCUT2D eigenvalue weighted by Crippen LogP contribution is 2.15. The predicted octanol–water partition coefficient (Wildman–Crippen LogP) is 4.12. The number of hydrogen-bond acceptors (Lipinski definition) is 2. The van der Waals surface area contributed by atoms with E-state index >= 15 is 0 Å². The molecule has 0 saturated carbocycles. The lowest BCUT2D eigenvalue weighted by atomic mass is 10.0. The molecule has 1 amide bonds. The minimum atomic E-state index is 0.179. The highest BCUT2D eigenvalue weighted by atomic mass is 16.1. The van der Waals surface area contributed by atoms with Crippen LogP contribution in [-0.2, 0) is 11.2 Å². The van der Waals surface area contributed by atoms with Crippen LogP contribution in [-0.4, -0.2) is 37.0 Å². The number of hydrogen-bond donors (Lipinski definition) is 1. The minimum absolute atomic E-state index is 0.179. The SMILES string of the molecule is CC(C)c1ccc(CCC(=O)NCCCN2CCCCCC2)cc1. The van der Waals surface area contributed by atoms with E-state index in [9.17, 15) is 4.79 Å². The highest BCUT2D eigenvalue weighted by Gasteiger charge is 2.08. The van der Waals surface area contributed by atoms with Crippen molar-refractivity contribution >= 4 is 5.91 Å². The molecule has 0 aliphatic carbocycles. The first-order valence-corrected chi connectivity index (χ1v) is 9.73. The average molecular weight is 331 g/mol. The first kappa shape index (κ1) is 19.0. The first-order valence-electron chi connectivity index (χ1n) is 9.73. The topological polar surface area (TPSA) is 32.3 Å². The van der Waals surface area contributed by atoms with Gasteiger partial charge in [0, 0.05) is 13.0 Å². The molecule has 0 spiro atoms. The zero-order valence-corrected chi connectivity index (χ0v) is 15.5. The second-order valence-corrected chi connectivity index (χ2v) is 7.36. The van der Waals surface area contributed by atoms with Gasteiger partial charge < -0.3 is 10.2 Å². The summed E-state index contributed by atoms with van der Waals surface area (Å²) in [4.78, 5) is 14.5. The molecule has 3 nitrogen and oxygen atoms in total. The molecule has 1 saturated heterocycles. The van der Waals surface area contributed by atoms with E-state index in [4.69, 9.17) is 0 Å². The Hall–Kier alpha value is -1.35. The maximum absolute atomic E-state index is 12.0. The van der Waals surface area contributed by atoms with E-state index in [2.05, 4.69) is 48.3 Å². The molecule has 0 aromatic heterocycles. The van der Waals surface area contributed by atoms with E-state index in [0.717, 1.165) is 25.9 Å². The quantitative estimate of drug-likeness (QED) is 0.727. The number of nitrogens with one attached hydrogen (secondary N) is 1. The van der Waals surface area contributed by atoms with Crippen LogP contribution in [0.15, 0.2) is 24.3 Å². The van der Waals surface area contributed by atoms with Gasteiger partial charge in [-0.05, 0) is 62.4 Å². The van der Waals surface area contributed by atoms with Crippen molar-refractivity contribution in [2.24, 2.45) is 0 Å². The van der Waals surface area contributed by atoms with E-state index in [1.165, 1.54) is 49.9 Å². The van der Waals surface area contributed by atoms with Crippen molar-refractivity contribution < 1.29 is 4.79 Å². The van der Waals surface area contributed by atoms with Gasteiger partial charge in [-0.15, -0.1) is 0 Å². The van der Waals surface area contributed by atoms with Crippen LogP contribution in [0.3, 0.4) is 0 Å². The Bertz CT molecular complexity index is 473. The van der Waals surface area contributed by atoms with Gasteiger partial charge in [0.2, 0.25) is 5.91 Å². The van der Waals surface area contributed by atoms with Crippen molar-refractivity contribution in [2.75, 3.05) is 26.2 Å². The molecule has 0 radical (unpaired) electrons. The van der Waals surface area contributed by atoms with Gasteiger partial charge in [0.1, 0.15) is 0 Å². The zero-order valence-electron chi connectivity index (χ0n) is 15.5. The number of benzene rings is 1. The van der Waals surface area contributed by atoms with Crippen LogP contribution >= 0.6 is 0 Å². The van der Waals surface area contributed by atoms with Crippen LogP contribution in [0.2, 0.25) is 0 Å². The summed E-state index contributed by atoms with van der Waals surface area (Å²) in [5.74, 6) is 0.741. The fourth-order valence-corrected chi connectivity index (χ4v) is 3.31. The Labute approximate surface area is 147 Å². The van der Waals surface area contributed by atoms with Crippen LogP contribution in [0.1, 0.15) is 69.4 Å². The van der Waals surface area contributed by atoms with E-state index < -0.39 is 0 Å². The molecule has 1 N–H and O–H groups in total. The van der Waals surface area contributed by atoms with Crippen molar-refractivity contribution in [1.29, 1.82) is 0 Å². The van der Waals surface area contributed by atoms with E-state index in [1.807, 2.05) is 0 Å². The summed E-state index contributed by atoms with van der Waals surface area (Å²) in [7, 11) is 0. The Morgan fingerprint density at radius 1 is 1.08 bits per heavy atom. The number of aryl methyl sites for hydroxylation is 1. The average Bonchev–Trinajstić information content (AvgIpc) is 2.86. The smallest absolute Gasteiger partial charge is 0.220 e. The lowest BCUT2D eigenvalue weighted by Gasteiger charge is -2.19. The van der Waals surface area contributed by atoms with Gasteiger partial charge in [-0.1, -0.05) is 51.0 Å². The van der Waals surface area contributed by atoms with Gasteiger partial charge in [0.05, 0.1) is 0 Å². The molecule has 3 heteroatoms. The number of rotatable bonds is 8. The summed E-state index contributed by atoms with van der Waals surface area (Å²) in [6.07, 6.45) is 7.91. The predicted molar refractivity (Wildman–Crippen MR) is 101 cm³/mol. The summed E-state index contributed by atoms with van der Waals surface area (Å²) < 4.78 is 0. The van der Waals surface area contributed by atoms with Crippen LogP contribution in [0.25, 0.3) is 0 Å². The highest BCUT2D eigenvalue weighted by molar-refractivity contribution is 5.76. The molecule has 0 atom stereocenters. The van der Waals surface area contributed by atoms with Crippen molar-refractivity contribution in [2.45, 2.75) is 64.7 Å². The van der Waals surface area contributed by atoms with E-state index in [1.54, 1.807) is 0 Å². The van der Waals surface area contributed by atoms with Gasteiger partial charge in [-0.3, -0.25) is 4.79 Å². The third kappa shape index (κ3) is 7.04. The fraction of sp³-hybridized carbons (Fsp3) is 0.667. The summed E-state index contributed by atoms with van der Waals surface area (Å²) in [5, 5.41) is 3.07. The Morgan fingerprint density at radius 2 is 1.75 bits per heavy atom. The molecule has 1 aromatic rings. The van der Waals surface area contributed by atoms with Crippen molar-refractivity contribution in [3.8, 4) is 0 Å². The molecule has 0 unspecified atom stereocenters. The molecule has 1 fully saturated rings.